The molecule has 3 rings (SSSR count). The summed E-state index contributed by atoms with van der Waals surface area (Å²) in [6.45, 7) is 9.52. The zero-order valence-electron chi connectivity index (χ0n) is 17.8. The average Bonchev–Trinajstić information content (AvgIpc) is 3.05. The van der Waals surface area contributed by atoms with Crippen molar-refractivity contribution in [1.29, 1.82) is 0 Å². The van der Waals surface area contributed by atoms with E-state index in [1.807, 2.05) is 39.8 Å². The van der Waals surface area contributed by atoms with Crippen LogP contribution in [0.2, 0.25) is 0 Å². The predicted octanol–water partition coefficient (Wildman–Crippen LogP) is 4.92. The van der Waals surface area contributed by atoms with Gasteiger partial charge >= 0.3 is 5.97 Å². The molecule has 3 aromatic rings. The lowest BCUT2D eigenvalue weighted by atomic mass is 10.0. The summed E-state index contributed by atoms with van der Waals surface area (Å²) >= 11 is 0. The van der Waals surface area contributed by atoms with Crippen molar-refractivity contribution in [3.63, 3.8) is 0 Å². The molecule has 156 valence electrons. The molecule has 0 N–H and O–H groups in total. The third kappa shape index (κ3) is 4.76. The van der Waals surface area contributed by atoms with Crippen LogP contribution < -0.4 is 4.74 Å². The Morgan fingerprint density at radius 2 is 1.63 bits per heavy atom. The topological polar surface area (TPSA) is 78.6 Å². The van der Waals surface area contributed by atoms with E-state index in [1.165, 1.54) is 0 Å². The van der Waals surface area contributed by atoms with Gasteiger partial charge in [-0.2, -0.15) is 0 Å². The second-order valence-electron chi connectivity index (χ2n) is 7.33. The van der Waals surface area contributed by atoms with Crippen LogP contribution in [-0.4, -0.2) is 23.0 Å². The van der Waals surface area contributed by atoms with E-state index in [2.05, 4.69) is 5.16 Å². The van der Waals surface area contributed by atoms with E-state index < -0.39 is 12.1 Å². The molecular formula is C24H25NO5. The van der Waals surface area contributed by atoms with Gasteiger partial charge in [0, 0.05) is 5.56 Å². The molecule has 0 aliphatic carbocycles. The van der Waals surface area contributed by atoms with Gasteiger partial charge in [-0.1, -0.05) is 17.3 Å². The zero-order chi connectivity index (χ0) is 21.8. The molecular weight excluding hydrogens is 382 g/mol. The summed E-state index contributed by atoms with van der Waals surface area (Å²) in [5.74, 6) is 0.531. The Morgan fingerprint density at radius 1 is 0.967 bits per heavy atom. The summed E-state index contributed by atoms with van der Waals surface area (Å²) in [4.78, 5) is 25.0. The van der Waals surface area contributed by atoms with Crippen molar-refractivity contribution in [2.24, 2.45) is 0 Å². The van der Waals surface area contributed by atoms with Crippen LogP contribution in [0, 0.1) is 27.7 Å². The molecule has 0 fully saturated rings. The number of benzene rings is 2. The predicted molar refractivity (Wildman–Crippen MR) is 112 cm³/mol. The molecule has 2 aromatic carbocycles. The Hall–Kier alpha value is -3.41. The molecule has 6 heteroatoms. The number of ether oxygens (including phenoxy) is 2. The first kappa shape index (κ1) is 21.3. The van der Waals surface area contributed by atoms with E-state index in [4.69, 9.17) is 14.0 Å². The van der Waals surface area contributed by atoms with Crippen LogP contribution in [0.5, 0.6) is 5.75 Å². The van der Waals surface area contributed by atoms with E-state index in [1.54, 1.807) is 37.3 Å². The normalized spacial score (nSPS) is 11.8. The quantitative estimate of drug-likeness (QED) is 0.409. The monoisotopic (exact) mass is 407 g/mol. The van der Waals surface area contributed by atoms with E-state index in [-0.39, 0.29) is 5.78 Å². The lowest BCUT2D eigenvalue weighted by Gasteiger charge is -2.13. The van der Waals surface area contributed by atoms with E-state index >= 15 is 0 Å². The van der Waals surface area contributed by atoms with Crippen LogP contribution in [0.3, 0.4) is 0 Å². The first-order chi connectivity index (χ1) is 14.3. The van der Waals surface area contributed by atoms with Crippen LogP contribution in [0.15, 0.2) is 47.0 Å². The third-order valence-electron chi connectivity index (χ3n) is 5.10. The van der Waals surface area contributed by atoms with E-state index in [0.717, 1.165) is 28.1 Å². The van der Waals surface area contributed by atoms with Crippen molar-refractivity contribution >= 4 is 11.8 Å². The SMILES string of the molecule is Cc1ccc(C(=O)C(C)OC(=O)c2ccc(OCc3c(C)noc3C)cc2)cc1C. The lowest BCUT2D eigenvalue weighted by molar-refractivity contribution is 0.0318. The number of carbonyl (C=O) groups excluding carboxylic acids is 2. The van der Waals surface area contributed by atoms with Gasteiger partial charge in [0.1, 0.15) is 18.1 Å². The highest BCUT2D eigenvalue weighted by Crippen LogP contribution is 2.19. The second kappa shape index (κ2) is 8.95. The number of esters is 1. The Balaban J connectivity index is 1.59. The van der Waals surface area contributed by atoms with E-state index in [9.17, 15) is 9.59 Å². The molecule has 6 nitrogen and oxygen atoms in total. The molecule has 0 aliphatic heterocycles. The molecule has 1 heterocycles. The number of ketones is 1. The van der Waals surface area contributed by atoms with Gasteiger partial charge in [-0.05, 0) is 76.1 Å². The van der Waals surface area contributed by atoms with Gasteiger partial charge in [0.15, 0.2) is 6.10 Å². The third-order valence-corrected chi connectivity index (χ3v) is 5.10. The molecule has 30 heavy (non-hydrogen) atoms. The fraction of sp³-hybridized carbons (Fsp3) is 0.292. The summed E-state index contributed by atoms with van der Waals surface area (Å²) in [6.07, 6.45) is -0.880. The number of rotatable bonds is 7. The Bertz CT molecular complexity index is 1050. The first-order valence-corrected chi connectivity index (χ1v) is 9.73. The van der Waals surface area contributed by atoms with Crippen molar-refractivity contribution in [3.05, 3.63) is 81.7 Å². The smallest absolute Gasteiger partial charge is 0.338 e. The highest BCUT2D eigenvalue weighted by molar-refractivity contribution is 6.01. The number of Topliss-reactive ketones (excluding diaryl/α,β-unsaturated/α-hetero) is 1. The number of carbonyl (C=O) groups is 2. The Kier molecular flexibility index (Phi) is 6.35. The standard InChI is InChI=1S/C24H25NO5/c1-14-6-7-20(12-15(14)2)23(26)18(5)29-24(27)19-8-10-21(11-9-19)28-13-22-16(3)25-30-17(22)4/h6-12,18H,13H2,1-5H3. The van der Waals surface area contributed by atoms with Gasteiger partial charge < -0.3 is 14.0 Å². The largest absolute Gasteiger partial charge is 0.489 e. The minimum Gasteiger partial charge on any atom is -0.489 e. The van der Waals surface area contributed by atoms with Crippen LogP contribution >= 0.6 is 0 Å². The highest BCUT2D eigenvalue weighted by Gasteiger charge is 2.21. The minimum absolute atomic E-state index is 0.231. The van der Waals surface area contributed by atoms with Crippen molar-refractivity contribution in [2.45, 2.75) is 47.3 Å². The summed E-state index contributed by atoms with van der Waals surface area (Å²) in [7, 11) is 0. The van der Waals surface area contributed by atoms with Crippen LogP contribution in [0.25, 0.3) is 0 Å². The van der Waals surface area contributed by atoms with Crippen molar-refractivity contribution in [1.82, 2.24) is 5.16 Å². The molecule has 0 aliphatic rings. The molecule has 1 unspecified atom stereocenters. The summed E-state index contributed by atoms with van der Waals surface area (Å²) in [6, 6.07) is 12.0. The molecule has 0 saturated heterocycles. The van der Waals surface area contributed by atoms with Gasteiger partial charge in [-0.3, -0.25) is 4.79 Å². The maximum absolute atomic E-state index is 12.6. The molecule has 1 atom stereocenters. The molecule has 0 radical (unpaired) electrons. The number of nitrogens with zero attached hydrogens (tertiary/aromatic N) is 1. The van der Waals surface area contributed by atoms with Crippen LogP contribution in [-0.2, 0) is 11.3 Å². The number of aromatic nitrogens is 1. The summed E-state index contributed by atoms with van der Waals surface area (Å²) in [5, 5.41) is 3.89. The van der Waals surface area contributed by atoms with Crippen molar-refractivity contribution in [3.8, 4) is 5.75 Å². The van der Waals surface area contributed by atoms with Gasteiger partial charge in [0.05, 0.1) is 16.8 Å². The minimum atomic E-state index is -0.880. The molecule has 0 amide bonds. The maximum Gasteiger partial charge on any atom is 0.338 e. The number of aryl methyl sites for hydroxylation is 4. The summed E-state index contributed by atoms with van der Waals surface area (Å²) in [5.41, 5.74) is 4.69. The summed E-state index contributed by atoms with van der Waals surface area (Å²) < 4.78 is 16.2. The number of hydrogen-bond donors (Lipinski definition) is 0. The van der Waals surface area contributed by atoms with Crippen LogP contribution in [0.4, 0.5) is 0 Å². The van der Waals surface area contributed by atoms with Gasteiger partial charge in [0.25, 0.3) is 0 Å². The second-order valence-corrected chi connectivity index (χ2v) is 7.33. The first-order valence-electron chi connectivity index (χ1n) is 9.73. The van der Waals surface area contributed by atoms with E-state index in [0.29, 0.717) is 23.5 Å². The number of hydrogen-bond acceptors (Lipinski definition) is 6. The van der Waals surface area contributed by atoms with Crippen molar-refractivity contribution in [2.75, 3.05) is 0 Å². The zero-order valence-corrected chi connectivity index (χ0v) is 17.8. The highest BCUT2D eigenvalue weighted by atomic mass is 16.5. The molecule has 0 saturated carbocycles. The lowest BCUT2D eigenvalue weighted by Crippen LogP contribution is -2.24. The fourth-order valence-electron chi connectivity index (χ4n) is 2.96. The maximum atomic E-state index is 12.6. The Morgan fingerprint density at radius 3 is 2.23 bits per heavy atom. The van der Waals surface area contributed by atoms with Crippen LogP contribution in [0.1, 0.15) is 55.8 Å². The van der Waals surface area contributed by atoms with Crippen molar-refractivity contribution < 1.29 is 23.6 Å². The fourth-order valence-corrected chi connectivity index (χ4v) is 2.96. The molecule has 0 spiro atoms. The van der Waals surface area contributed by atoms with Gasteiger partial charge in [0.2, 0.25) is 5.78 Å². The average molecular weight is 407 g/mol. The Labute approximate surface area is 175 Å². The molecule has 0 bridgehead atoms. The van der Waals surface area contributed by atoms with Gasteiger partial charge in [-0.15, -0.1) is 0 Å². The van der Waals surface area contributed by atoms with Gasteiger partial charge in [-0.25, -0.2) is 4.79 Å². The molecule has 1 aromatic heterocycles.